The van der Waals surface area contributed by atoms with Crippen molar-refractivity contribution in [1.29, 1.82) is 0 Å². The van der Waals surface area contributed by atoms with Crippen LogP contribution in [0.2, 0.25) is 10.0 Å². The first kappa shape index (κ1) is 11.6. The Hall–Kier alpha value is -1.46. The molecule has 1 aromatic rings. The second-order valence-electron chi connectivity index (χ2n) is 2.61. The summed E-state index contributed by atoms with van der Waals surface area (Å²) in [7, 11) is 0. The molecule has 0 aliphatic rings. The molecule has 1 rings (SSSR count). The summed E-state index contributed by atoms with van der Waals surface area (Å²) in [5, 5.41) is 11.0. The summed E-state index contributed by atoms with van der Waals surface area (Å²) in [4.78, 5) is 21.3. The van der Waals surface area contributed by atoms with Gasteiger partial charge in [-0.2, -0.15) is 0 Å². The maximum Gasteiger partial charge on any atom is 0.337 e. The van der Waals surface area contributed by atoms with Crippen molar-refractivity contribution < 1.29 is 14.7 Å². The zero-order chi connectivity index (χ0) is 11.6. The summed E-state index contributed by atoms with van der Waals surface area (Å²) in [6.45, 7) is 0. The van der Waals surface area contributed by atoms with E-state index in [2.05, 4.69) is 5.32 Å². The number of primary amides is 1. The summed E-state index contributed by atoms with van der Waals surface area (Å²) in [5.74, 6) is -1.22. The van der Waals surface area contributed by atoms with Crippen molar-refractivity contribution in [2.24, 2.45) is 5.73 Å². The molecule has 4 N–H and O–H groups in total. The lowest BCUT2D eigenvalue weighted by atomic mass is 10.2. The second-order valence-corrected chi connectivity index (χ2v) is 3.42. The van der Waals surface area contributed by atoms with Crippen LogP contribution < -0.4 is 11.1 Å². The van der Waals surface area contributed by atoms with E-state index in [1.54, 1.807) is 0 Å². The number of hydrogen-bond donors (Lipinski definition) is 3. The molecule has 0 aromatic heterocycles. The van der Waals surface area contributed by atoms with E-state index >= 15 is 0 Å². The van der Waals surface area contributed by atoms with Gasteiger partial charge in [-0.05, 0) is 12.1 Å². The number of benzene rings is 1. The number of carbonyl (C=O) groups excluding carboxylic acids is 1. The van der Waals surface area contributed by atoms with Crippen LogP contribution >= 0.6 is 23.2 Å². The summed E-state index contributed by atoms with van der Waals surface area (Å²) in [6.07, 6.45) is 0. The quantitative estimate of drug-likeness (QED) is 0.749. The van der Waals surface area contributed by atoms with E-state index in [9.17, 15) is 9.59 Å². The largest absolute Gasteiger partial charge is 0.478 e. The van der Waals surface area contributed by atoms with Crippen LogP contribution in [-0.2, 0) is 0 Å². The Morgan fingerprint density at radius 1 is 1.27 bits per heavy atom. The van der Waals surface area contributed by atoms with Crippen LogP contribution in [0.3, 0.4) is 0 Å². The number of urea groups is 1. The number of carboxylic acid groups (broad SMARTS) is 1. The van der Waals surface area contributed by atoms with Crippen LogP contribution in [-0.4, -0.2) is 17.1 Å². The lowest BCUT2D eigenvalue weighted by Gasteiger charge is -2.07. The molecule has 0 aliphatic heterocycles. The third-order valence-electron chi connectivity index (χ3n) is 1.55. The van der Waals surface area contributed by atoms with Crippen molar-refractivity contribution in [2.45, 2.75) is 0 Å². The number of aromatic carboxylic acids is 1. The number of carboxylic acids is 1. The van der Waals surface area contributed by atoms with Gasteiger partial charge in [-0.1, -0.05) is 23.2 Å². The van der Waals surface area contributed by atoms with Gasteiger partial charge in [0.1, 0.15) is 0 Å². The fraction of sp³-hybridized carbons (Fsp3) is 0. The molecule has 0 bridgehead atoms. The van der Waals surface area contributed by atoms with Gasteiger partial charge in [-0.3, -0.25) is 0 Å². The summed E-state index contributed by atoms with van der Waals surface area (Å²) < 4.78 is 0. The Balaban J connectivity index is 3.23. The van der Waals surface area contributed by atoms with Gasteiger partial charge in [0.05, 0.1) is 21.3 Å². The van der Waals surface area contributed by atoms with Crippen LogP contribution in [0.4, 0.5) is 10.5 Å². The Morgan fingerprint density at radius 2 is 1.87 bits per heavy atom. The fourth-order valence-electron chi connectivity index (χ4n) is 0.941. The third-order valence-corrected chi connectivity index (χ3v) is 2.17. The van der Waals surface area contributed by atoms with Gasteiger partial charge < -0.3 is 16.2 Å². The van der Waals surface area contributed by atoms with Crippen LogP contribution in [0.25, 0.3) is 0 Å². The standard InChI is InChI=1S/C8H6Cl2N2O3/c9-4-2-5(10)6(12-8(11)15)1-3(4)7(13)14/h1-2H,(H,13,14)(H3,11,12,15). The third kappa shape index (κ3) is 2.74. The minimum Gasteiger partial charge on any atom is -0.478 e. The average Bonchev–Trinajstić information content (AvgIpc) is 2.08. The van der Waals surface area contributed by atoms with Crippen molar-refractivity contribution in [1.82, 2.24) is 0 Å². The van der Waals surface area contributed by atoms with Crippen molar-refractivity contribution >= 4 is 40.9 Å². The minimum absolute atomic E-state index is 0.0116. The zero-order valence-corrected chi connectivity index (χ0v) is 8.76. The average molecular weight is 249 g/mol. The lowest BCUT2D eigenvalue weighted by molar-refractivity contribution is 0.0697. The molecule has 80 valence electrons. The molecule has 0 unspecified atom stereocenters. The van der Waals surface area contributed by atoms with Gasteiger partial charge >= 0.3 is 12.0 Å². The molecule has 0 fully saturated rings. The van der Waals surface area contributed by atoms with E-state index in [-0.39, 0.29) is 21.3 Å². The van der Waals surface area contributed by atoms with E-state index in [4.69, 9.17) is 34.0 Å². The highest BCUT2D eigenvalue weighted by Gasteiger charge is 2.13. The van der Waals surface area contributed by atoms with Crippen molar-refractivity contribution in [2.75, 3.05) is 5.32 Å². The molecular weight excluding hydrogens is 243 g/mol. The van der Waals surface area contributed by atoms with Gasteiger partial charge in [0.25, 0.3) is 0 Å². The molecule has 0 aliphatic carbocycles. The van der Waals surface area contributed by atoms with Gasteiger partial charge in [-0.25, -0.2) is 9.59 Å². The molecule has 0 radical (unpaired) electrons. The van der Waals surface area contributed by atoms with E-state index in [0.29, 0.717) is 0 Å². The number of nitrogens with two attached hydrogens (primary N) is 1. The van der Waals surface area contributed by atoms with Gasteiger partial charge in [0, 0.05) is 0 Å². The van der Waals surface area contributed by atoms with Crippen molar-refractivity contribution in [3.8, 4) is 0 Å². The van der Waals surface area contributed by atoms with Crippen LogP contribution in [0.15, 0.2) is 12.1 Å². The van der Waals surface area contributed by atoms with E-state index in [1.807, 2.05) is 0 Å². The maximum absolute atomic E-state index is 10.7. The van der Waals surface area contributed by atoms with E-state index in [1.165, 1.54) is 6.07 Å². The molecule has 15 heavy (non-hydrogen) atoms. The minimum atomic E-state index is -1.22. The zero-order valence-electron chi connectivity index (χ0n) is 7.25. The molecule has 2 amide bonds. The Morgan fingerprint density at radius 3 is 2.33 bits per heavy atom. The van der Waals surface area contributed by atoms with Crippen LogP contribution in [0.5, 0.6) is 0 Å². The predicted octanol–water partition coefficient (Wildman–Crippen LogP) is 2.18. The molecule has 0 heterocycles. The molecule has 7 heteroatoms. The molecule has 0 atom stereocenters. The Bertz CT molecular complexity index is 434. The highest BCUT2D eigenvalue weighted by atomic mass is 35.5. The monoisotopic (exact) mass is 248 g/mol. The lowest BCUT2D eigenvalue weighted by Crippen LogP contribution is -2.19. The van der Waals surface area contributed by atoms with Crippen LogP contribution in [0, 0.1) is 0 Å². The number of nitrogens with one attached hydrogen (secondary N) is 1. The number of halogens is 2. The predicted molar refractivity (Wildman–Crippen MR) is 56.6 cm³/mol. The van der Waals surface area contributed by atoms with Gasteiger partial charge in [-0.15, -0.1) is 0 Å². The molecule has 0 saturated heterocycles. The SMILES string of the molecule is NC(=O)Nc1cc(C(=O)O)c(Cl)cc1Cl. The first-order chi connectivity index (χ1) is 6.91. The summed E-state index contributed by atoms with van der Waals surface area (Å²) >= 11 is 11.3. The molecular formula is C8H6Cl2N2O3. The summed E-state index contributed by atoms with van der Waals surface area (Å²) in [5.41, 5.74) is 4.81. The number of anilines is 1. The highest BCUT2D eigenvalue weighted by Crippen LogP contribution is 2.29. The molecule has 5 nitrogen and oxygen atoms in total. The van der Waals surface area contributed by atoms with E-state index in [0.717, 1.165) is 6.07 Å². The topological polar surface area (TPSA) is 92.4 Å². The number of amides is 2. The summed E-state index contributed by atoms with van der Waals surface area (Å²) in [6, 6.07) is 1.52. The van der Waals surface area contributed by atoms with Crippen molar-refractivity contribution in [3.05, 3.63) is 27.7 Å². The van der Waals surface area contributed by atoms with Gasteiger partial charge in [0.15, 0.2) is 0 Å². The molecule has 1 aromatic carbocycles. The number of carbonyl (C=O) groups is 2. The fourth-order valence-corrected chi connectivity index (χ4v) is 1.45. The first-order valence-electron chi connectivity index (χ1n) is 3.70. The Labute approximate surface area is 94.8 Å². The number of hydrogen-bond acceptors (Lipinski definition) is 2. The Kier molecular flexibility index (Phi) is 3.39. The molecule has 0 spiro atoms. The number of rotatable bonds is 2. The smallest absolute Gasteiger partial charge is 0.337 e. The van der Waals surface area contributed by atoms with Gasteiger partial charge in [0.2, 0.25) is 0 Å². The second kappa shape index (κ2) is 4.37. The van der Waals surface area contributed by atoms with E-state index < -0.39 is 12.0 Å². The maximum atomic E-state index is 10.7. The molecule has 0 saturated carbocycles. The normalized spacial score (nSPS) is 9.73. The van der Waals surface area contributed by atoms with Crippen LogP contribution in [0.1, 0.15) is 10.4 Å². The first-order valence-corrected chi connectivity index (χ1v) is 4.46. The highest BCUT2D eigenvalue weighted by molar-refractivity contribution is 6.38. The van der Waals surface area contributed by atoms with Crippen molar-refractivity contribution in [3.63, 3.8) is 0 Å².